The number of fused-ring (bicyclic) bond motifs is 1. The highest BCUT2D eigenvalue weighted by atomic mass is 32.1. The van der Waals surface area contributed by atoms with Crippen LogP contribution < -0.4 is 10.2 Å². The monoisotopic (exact) mass is 343 g/mol. The molecule has 4 rings (SSSR count). The molecule has 0 aromatic carbocycles. The maximum Gasteiger partial charge on any atom is 0.203 e. The van der Waals surface area contributed by atoms with Gasteiger partial charge >= 0.3 is 0 Å². The summed E-state index contributed by atoms with van der Waals surface area (Å²) in [6.45, 7) is 5.93. The maximum atomic E-state index is 4.54. The molecule has 1 saturated heterocycles. The quantitative estimate of drug-likeness (QED) is 0.763. The molecular weight excluding hydrogens is 322 g/mol. The summed E-state index contributed by atoms with van der Waals surface area (Å²) in [5.41, 5.74) is 1.98. The van der Waals surface area contributed by atoms with Crippen LogP contribution in [0.1, 0.15) is 23.5 Å². The molecule has 4 heterocycles. The van der Waals surface area contributed by atoms with E-state index in [4.69, 9.17) is 0 Å². The van der Waals surface area contributed by atoms with Crippen LogP contribution in [-0.2, 0) is 6.54 Å². The summed E-state index contributed by atoms with van der Waals surface area (Å²) < 4.78 is 1.93. The zero-order valence-corrected chi connectivity index (χ0v) is 14.5. The molecule has 1 aliphatic rings. The molecule has 0 saturated carbocycles. The van der Waals surface area contributed by atoms with Gasteiger partial charge in [-0.05, 0) is 25.7 Å². The summed E-state index contributed by atoms with van der Waals surface area (Å²) in [6.07, 6.45) is 7.85. The summed E-state index contributed by atoms with van der Waals surface area (Å²) in [7, 11) is 0. The summed E-state index contributed by atoms with van der Waals surface area (Å²) in [5, 5.41) is 15.0. The van der Waals surface area contributed by atoms with Gasteiger partial charge in [-0.25, -0.2) is 9.97 Å². The van der Waals surface area contributed by atoms with E-state index in [1.807, 2.05) is 23.7 Å². The molecule has 1 N–H and O–H groups in total. The van der Waals surface area contributed by atoms with E-state index in [1.54, 1.807) is 17.7 Å². The van der Waals surface area contributed by atoms with Crippen molar-refractivity contribution >= 4 is 22.8 Å². The predicted octanol–water partition coefficient (Wildman–Crippen LogP) is 1.90. The number of hydrogen-bond acceptors (Lipinski definition) is 7. The summed E-state index contributed by atoms with van der Waals surface area (Å²) in [6, 6.07) is 0. The Morgan fingerprint density at radius 2 is 2.38 bits per heavy atom. The van der Waals surface area contributed by atoms with Crippen LogP contribution in [0, 0.1) is 12.8 Å². The minimum atomic E-state index is 0.614. The van der Waals surface area contributed by atoms with E-state index < -0.39 is 0 Å². The van der Waals surface area contributed by atoms with Crippen molar-refractivity contribution in [1.29, 1.82) is 0 Å². The largest absolute Gasteiger partial charge is 0.353 e. The Kier molecular flexibility index (Phi) is 4.40. The molecule has 1 fully saturated rings. The Bertz CT molecular complexity index is 811. The first-order valence-corrected chi connectivity index (χ1v) is 9.18. The molecule has 3 aromatic rings. The second kappa shape index (κ2) is 6.82. The zero-order chi connectivity index (χ0) is 16.4. The van der Waals surface area contributed by atoms with E-state index in [1.165, 1.54) is 12.8 Å². The minimum absolute atomic E-state index is 0.614. The maximum absolute atomic E-state index is 4.54. The molecule has 0 amide bonds. The molecule has 0 spiro atoms. The van der Waals surface area contributed by atoms with Crippen molar-refractivity contribution in [2.75, 3.05) is 24.5 Å². The van der Waals surface area contributed by atoms with Gasteiger partial charge in [0, 0.05) is 44.0 Å². The highest BCUT2D eigenvalue weighted by Gasteiger charge is 2.23. The predicted molar refractivity (Wildman–Crippen MR) is 94.3 cm³/mol. The molecule has 0 bridgehead atoms. The number of nitrogens with one attached hydrogen (secondary N) is 1. The lowest BCUT2D eigenvalue weighted by Gasteiger charge is -2.33. The van der Waals surface area contributed by atoms with Crippen LogP contribution in [0.15, 0.2) is 24.1 Å². The fourth-order valence-electron chi connectivity index (χ4n) is 3.29. The Labute approximate surface area is 144 Å². The molecule has 0 aliphatic carbocycles. The van der Waals surface area contributed by atoms with Crippen molar-refractivity contribution < 1.29 is 0 Å². The second-order valence-electron chi connectivity index (χ2n) is 6.26. The van der Waals surface area contributed by atoms with Gasteiger partial charge in [0.05, 0.1) is 10.7 Å². The molecule has 1 aliphatic heterocycles. The molecular formula is C16H21N7S. The van der Waals surface area contributed by atoms with Crippen molar-refractivity contribution in [2.24, 2.45) is 5.92 Å². The van der Waals surface area contributed by atoms with E-state index in [0.717, 1.165) is 48.3 Å². The van der Waals surface area contributed by atoms with Gasteiger partial charge in [0.15, 0.2) is 5.82 Å². The smallest absolute Gasteiger partial charge is 0.203 e. The SMILES string of the molecule is Cc1nc(CNC[C@H]2CCCN(c3nccn4cnnc34)C2)cs1. The number of aromatic nitrogens is 5. The topological polar surface area (TPSA) is 71.2 Å². The highest BCUT2D eigenvalue weighted by Crippen LogP contribution is 2.23. The van der Waals surface area contributed by atoms with E-state index in [0.29, 0.717) is 5.92 Å². The van der Waals surface area contributed by atoms with Crippen molar-refractivity contribution in [1.82, 2.24) is 29.9 Å². The number of nitrogens with zero attached hydrogens (tertiary/aromatic N) is 6. The first-order chi connectivity index (χ1) is 11.8. The summed E-state index contributed by atoms with van der Waals surface area (Å²) in [4.78, 5) is 11.4. The molecule has 7 nitrogen and oxygen atoms in total. The molecule has 0 radical (unpaired) electrons. The Hall–Kier alpha value is -2.06. The van der Waals surface area contributed by atoms with Crippen molar-refractivity contribution in [3.8, 4) is 0 Å². The normalized spacial score (nSPS) is 18.4. The van der Waals surface area contributed by atoms with E-state index >= 15 is 0 Å². The molecule has 0 unspecified atom stereocenters. The third kappa shape index (κ3) is 3.25. The summed E-state index contributed by atoms with van der Waals surface area (Å²) in [5.74, 6) is 1.55. The highest BCUT2D eigenvalue weighted by molar-refractivity contribution is 7.09. The molecule has 1 atom stereocenters. The molecule has 24 heavy (non-hydrogen) atoms. The second-order valence-corrected chi connectivity index (χ2v) is 7.32. The van der Waals surface area contributed by atoms with Crippen LogP contribution >= 0.6 is 11.3 Å². The molecule has 8 heteroatoms. The van der Waals surface area contributed by atoms with Gasteiger partial charge in [0.25, 0.3) is 0 Å². The average Bonchev–Trinajstić information content (AvgIpc) is 3.23. The van der Waals surface area contributed by atoms with Gasteiger partial charge in [0.1, 0.15) is 6.33 Å². The number of rotatable bonds is 5. The van der Waals surface area contributed by atoms with Gasteiger partial charge in [-0.2, -0.15) is 0 Å². The number of hydrogen-bond donors (Lipinski definition) is 1. The van der Waals surface area contributed by atoms with Crippen LogP contribution in [0.25, 0.3) is 5.65 Å². The third-order valence-electron chi connectivity index (χ3n) is 4.42. The Balaban J connectivity index is 1.38. The number of piperidine rings is 1. The third-order valence-corrected chi connectivity index (χ3v) is 5.24. The zero-order valence-electron chi connectivity index (χ0n) is 13.7. The molecule has 3 aromatic heterocycles. The summed E-state index contributed by atoms with van der Waals surface area (Å²) >= 11 is 1.71. The number of thiazole rings is 1. The molecule has 126 valence electrons. The lowest BCUT2D eigenvalue weighted by atomic mass is 9.98. The van der Waals surface area contributed by atoms with Crippen LogP contribution in [0.4, 0.5) is 5.82 Å². The van der Waals surface area contributed by atoms with Gasteiger partial charge in [0.2, 0.25) is 5.65 Å². The Morgan fingerprint density at radius 1 is 1.42 bits per heavy atom. The van der Waals surface area contributed by atoms with Crippen LogP contribution in [0.3, 0.4) is 0 Å². The van der Waals surface area contributed by atoms with Crippen LogP contribution in [0.5, 0.6) is 0 Å². The van der Waals surface area contributed by atoms with Crippen LogP contribution in [0.2, 0.25) is 0 Å². The van der Waals surface area contributed by atoms with E-state index in [-0.39, 0.29) is 0 Å². The first kappa shape index (κ1) is 15.5. The number of anilines is 1. The van der Waals surface area contributed by atoms with Gasteiger partial charge in [-0.3, -0.25) is 4.40 Å². The van der Waals surface area contributed by atoms with Crippen LogP contribution in [-0.4, -0.2) is 44.2 Å². The standard InChI is InChI=1S/C16H21N7S/c1-12-20-14(10-24-12)8-17-7-13-3-2-5-22(9-13)15-16-21-19-11-23(16)6-4-18-15/h4,6,10-11,13,17H,2-3,5,7-9H2,1H3/t13-/m1/s1. The van der Waals surface area contributed by atoms with Gasteiger partial charge in [-0.15, -0.1) is 21.5 Å². The fraction of sp³-hybridized carbons (Fsp3) is 0.500. The van der Waals surface area contributed by atoms with Crippen molar-refractivity contribution in [3.05, 3.63) is 34.8 Å². The fourth-order valence-corrected chi connectivity index (χ4v) is 3.90. The lowest BCUT2D eigenvalue weighted by molar-refractivity contribution is 0.389. The Morgan fingerprint density at radius 3 is 3.25 bits per heavy atom. The van der Waals surface area contributed by atoms with Crippen molar-refractivity contribution in [2.45, 2.75) is 26.3 Å². The lowest BCUT2D eigenvalue weighted by Crippen LogP contribution is -2.40. The van der Waals surface area contributed by atoms with Crippen molar-refractivity contribution in [3.63, 3.8) is 0 Å². The van der Waals surface area contributed by atoms with E-state index in [9.17, 15) is 0 Å². The van der Waals surface area contributed by atoms with E-state index in [2.05, 4.69) is 35.8 Å². The van der Waals surface area contributed by atoms with Gasteiger partial charge < -0.3 is 10.2 Å². The first-order valence-electron chi connectivity index (χ1n) is 8.30. The van der Waals surface area contributed by atoms with Gasteiger partial charge in [-0.1, -0.05) is 0 Å². The average molecular weight is 343 g/mol. The minimum Gasteiger partial charge on any atom is -0.353 e. The number of aryl methyl sites for hydroxylation is 1.